The highest BCUT2D eigenvalue weighted by atomic mass is 14.0. The number of terminal acetylenes is 1. The molecule has 0 saturated heterocycles. The van der Waals surface area contributed by atoms with E-state index in [1.807, 2.05) is 60.7 Å². The predicted molar refractivity (Wildman–Crippen MR) is 69.7 cm³/mol. The summed E-state index contributed by atoms with van der Waals surface area (Å²) in [6.45, 7) is 0. The Bertz CT molecular complexity index is 574. The summed E-state index contributed by atoms with van der Waals surface area (Å²) in [5, 5.41) is 0. The summed E-state index contributed by atoms with van der Waals surface area (Å²) in [6, 6.07) is 17.7. The van der Waals surface area contributed by atoms with Crippen LogP contribution in [0.3, 0.4) is 0 Å². The van der Waals surface area contributed by atoms with Crippen LogP contribution < -0.4 is 0 Å². The molecule has 2 aromatic carbocycles. The normalized spacial score (nSPS) is 11.7. The molecule has 0 nitrogen and oxygen atoms in total. The first-order valence-corrected chi connectivity index (χ1v) is 5.10. The van der Waals surface area contributed by atoms with Crippen LogP contribution in [-0.2, 0) is 0 Å². The third kappa shape index (κ3) is 2.40. The van der Waals surface area contributed by atoms with Gasteiger partial charge >= 0.3 is 0 Å². The lowest BCUT2D eigenvalue weighted by atomic mass is 10.1. The first-order chi connectivity index (χ1) is 8.31. The van der Waals surface area contributed by atoms with Crippen LogP contribution in [0, 0.1) is 12.3 Å². The highest BCUT2D eigenvalue weighted by Crippen LogP contribution is 2.12. The zero-order valence-electron chi connectivity index (χ0n) is 9.85. The van der Waals surface area contributed by atoms with Gasteiger partial charge in [-0.2, -0.15) is 0 Å². The van der Waals surface area contributed by atoms with E-state index in [9.17, 15) is 0 Å². The summed E-state index contributed by atoms with van der Waals surface area (Å²) in [6.07, 6.45) is 7.24. The molecule has 76 valence electrons. The molecule has 0 unspecified atom stereocenters. The van der Waals surface area contributed by atoms with E-state index in [4.69, 9.17) is 7.79 Å². The van der Waals surface area contributed by atoms with E-state index in [-0.39, 0.29) is 0 Å². The van der Waals surface area contributed by atoms with Gasteiger partial charge in [0, 0.05) is 5.56 Å². The topological polar surface area (TPSA) is 0 Å². The molecule has 0 N–H and O–H groups in total. The van der Waals surface area contributed by atoms with Gasteiger partial charge in [-0.05, 0) is 17.2 Å². The molecule has 0 heterocycles. The Morgan fingerprint density at radius 2 is 1.69 bits per heavy atom. The van der Waals surface area contributed by atoms with Gasteiger partial charge in [0.1, 0.15) is 0 Å². The number of hydrogen-bond donors (Lipinski definition) is 0. The van der Waals surface area contributed by atoms with Crippen LogP contribution in [0.2, 0.25) is 0 Å². The minimum atomic E-state index is 0.435. The van der Waals surface area contributed by atoms with Crippen LogP contribution in [0.5, 0.6) is 0 Å². The average Bonchev–Trinajstić information content (AvgIpc) is 2.40. The largest absolute Gasteiger partial charge is 0.115 e. The minimum Gasteiger partial charge on any atom is -0.115 e. The van der Waals surface area contributed by atoms with Crippen molar-refractivity contribution in [2.45, 2.75) is 0 Å². The van der Waals surface area contributed by atoms with E-state index < -0.39 is 0 Å². The molecular weight excluding hydrogens is 192 g/mol. The van der Waals surface area contributed by atoms with Gasteiger partial charge in [0.15, 0.2) is 0 Å². The van der Waals surface area contributed by atoms with Gasteiger partial charge in [-0.15, -0.1) is 6.42 Å². The van der Waals surface area contributed by atoms with Gasteiger partial charge in [-0.3, -0.25) is 0 Å². The van der Waals surface area contributed by atoms with Crippen molar-refractivity contribution >= 4 is 12.1 Å². The SMILES string of the molecule is [2H]/C(=C\c1ccccc1)c1ccccc1C#C. The molecule has 2 rings (SSSR count). The Balaban J connectivity index is 2.41. The standard InChI is InChI=1S/C16H12/c1-2-15-10-6-7-11-16(15)13-12-14-8-4-3-5-9-14/h1,3-13H/b13-12+/i13D. The lowest BCUT2D eigenvalue weighted by Gasteiger charge is -1.97. The summed E-state index contributed by atoms with van der Waals surface area (Å²) in [5.74, 6) is 2.60. The van der Waals surface area contributed by atoms with E-state index in [1.54, 1.807) is 0 Å². The second-order valence-electron chi connectivity index (χ2n) is 3.39. The average molecular weight is 205 g/mol. The van der Waals surface area contributed by atoms with Crippen molar-refractivity contribution in [3.05, 3.63) is 71.3 Å². The molecule has 0 aliphatic heterocycles. The smallest absolute Gasteiger partial charge is 0.0630 e. The third-order valence-electron chi connectivity index (χ3n) is 2.28. The Labute approximate surface area is 97.7 Å². The lowest BCUT2D eigenvalue weighted by molar-refractivity contribution is 1.60. The molecule has 0 bridgehead atoms. The van der Waals surface area contributed by atoms with Crippen LogP contribution in [-0.4, -0.2) is 0 Å². The van der Waals surface area contributed by atoms with Gasteiger partial charge < -0.3 is 0 Å². The van der Waals surface area contributed by atoms with Crippen molar-refractivity contribution in [2.75, 3.05) is 0 Å². The zero-order valence-corrected chi connectivity index (χ0v) is 8.85. The van der Waals surface area contributed by atoms with E-state index in [0.29, 0.717) is 6.05 Å². The van der Waals surface area contributed by atoms with Crippen LogP contribution >= 0.6 is 0 Å². The van der Waals surface area contributed by atoms with E-state index in [1.165, 1.54) is 0 Å². The second-order valence-corrected chi connectivity index (χ2v) is 3.39. The van der Waals surface area contributed by atoms with Gasteiger partial charge in [0.25, 0.3) is 0 Å². The monoisotopic (exact) mass is 205 g/mol. The number of hydrogen-bond acceptors (Lipinski definition) is 0. The fraction of sp³-hybridized carbons (Fsp3) is 0. The van der Waals surface area contributed by atoms with Crippen molar-refractivity contribution in [2.24, 2.45) is 0 Å². The maximum absolute atomic E-state index is 8.06. The summed E-state index contributed by atoms with van der Waals surface area (Å²) in [4.78, 5) is 0. The Hall–Kier alpha value is -2.26. The van der Waals surface area contributed by atoms with Crippen LogP contribution in [0.4, 0.5) is 0 Å². The maximum Gasteiger partial charge on any atom is 0.0630 e. The quantitative estimate of drug-likeness (QED) is 0.516. The summed E-state index contributed by atoms with van der Waals surface area (Å²) >= 11 is 0. The first-order valence-electron chi connectivity index (χ1n) is 5.60. The molecule has 0 atom stereocenters. The zero-order chi connectivity index (χ0) is 12.1. The molecular formula is C16H12. The van der Waals surface area contributed by atoms with Crippen molar-refractivity contribution in [1.29, 1.82) is 0 Å². The van der Waals surface area contributed by atoms with Gasteiger partial charge in [0.2, 0.25) is 0 Å². The van der Waals surface area contributed by atoms with E-state index in [0.717, 1.165) is 16.7 Å². The molecule has 0 spiro atoms. The third-order valence-corrected chi connectivity index (χ3v) is 2.28. The fourth-order valence-corrected chi connectivity index (χ4v) is 1.45. The molecule has 0 aliphatic carbocycles. The van der Waals surface area contributed by atoms with Crippen LogP contribution in [0.15, 0.2) is 54.6 Å². The Morgan fingerprint density at radius 3 is 2.44 bits per heavy atom. The van der Waals surface area contributed by atoms with Gasteiger partial charge in [0.05, 0.1) is 1.37 Å². The van der Waals surface area contributed by atoms with Gasteiger partial charge in [-0.25, -0.2) is 0 Å². The predicted octanol–water partition coefficient (Wildman–Crippen LogP) is 3.84. The Kier molecular flexibility index (Phi) is 2.81. The van der Waals surface area contributed by atoms with Crippen LogP contribution in [0.25, 0.3) is 12.1 Å². The van der Waals surface area contributed by atoms with Crippen molar-refractivity contribution in [3.8, 4) is 12.3 Å². The van der Waals surface area contributed by atoms with E-state index >= 15 is 0 Å². The molecule has 0 aliphatic rings. The maximum atomic E-state index is 8.06. The number of rotatable bonds is 2. The van der Waals surface area contributed by atoms with Crippen molar-refractivity contribution in [3.63, 3.8) is 0 Å². The van der Waals surface area contributed by atoms with Crippen molar-refractivity contribution in [1.82, 2.24) is 0 Å². The molecule has 0 heteroatoms. The van der Waals surface area contributed by atoms with E-state index in [2.05, 4.69) is 5.92 Å². The fourth-order valence-electron chi connectivity index (χ4n) is 1.45. The molecule has 0 aromatic heterocycles. The number of benzene rings is 2. The summed E-state index contributed by atoms with van der Waals surface area (Å²) in [5.41, 5.74) is 2.55. The highest BCUT2D eigenvalue weighted by Gasteiger charge is 1.93. The van der Waals surface area contributed by atoms with Gasteiger partial charge in [-0.1, -0.05) is 66.6 Å². The molecule has 2 aromatic rings. The second kappa shape index (κ2) is 5.00. The first kappa shape index (κ1) is 9.00. The van der Waals surface area contributed by atoms with Crippen molar-refractivity contribution < 1.29 is 1.37 Å². The molecule has 0 radical (unpaired) electrons. The molecule has 0 saturated carbocycles. The summed E-state index contributed by atoms with van der Waals surface area (Å²) in [7, 11) is 0. The minimum absolute atomic E-state index is 0.435. The van der Waals surface area contributed by atoms with Crippen LogP contribution in [0.1, 0.15) is 18.1 Å². The molecule has 0 amide bonds. The lowest BCUT2D eigenvalue weighted by Crippen LogP contribution is -1.79. The highest BCUT2D eigenvalue weighted by molar-refractivity contribution is 5.72. The molecule has 0 fully saturated rings. The Morgan fingerprint density at radius 1 is 1.00 bits per heavy atom. The molecule has 16 heavy (non-hydrogen) atoms. The summed E-state index contributed by atoms with van der Waals surface area (Å²) < 4.78 is 8.06.